The van der Waals surface area contributed by atoms with Crippen molar-refractivity contribution in [1.82, 2.24) is 15.1 Å². The summed E-state index contributed by atoms with van der Waals surface area (Å²) in [5.74, 6) is -1.34. The highest BCUT2D eigenvalue weighted by Crippen LogP contribution is 2.37. The Labute approximate surface area is 170 Å². The molecule has 0 aliphatic carbocycles. The molecule has 0 saturated heterocycles. The standard InChI is InChI=1S/C21H19F4N3O2/c1-13-3-4-15(11-14(13)2)9-10-26-20(29)30-18-12-27-28(19(18)21(23,24)25)17-7-5-16(22)6-8-17/h3-8,11-12H,9-10H2,1-2H3,(H,26,29). The van der Waals surface area contributed by atoms with Crippen molar-refractivity contribution in [3.05, 3.63) is 76.9 Å². The Hall–Kier alpha value is -3.36. The lowest BCUT2D eigenvalue weighted by Crippen LogP contribution is -2.29. The Balaban J connectivity index is 1.70. The highest BCUT2D eigenvalue weighted by Gasteiger charge is 2.40. The Morgan fingerprint density at radius 1 is 1.10 bits per heavy atom. The highest BCUT2D eigenvalue weighted by atomic mass is 19.4. The smallest absolute Gasteiger partial charge is 0.406 e. The summed E-state index contributed by atoms with van der Waals surface area (Å²) in [7, 11) is 0. The van der Waals surface area contributed by atoms with Gasteiger partial charge in [0.1, 0.15) is 5.82 Å². The van der Waals surface area contributed by atoms with E-state index in [0.29, 0.717) is 11.1 Å². The van der Waals surface area contributed by atoms with Crippen LogP contribution in [0.4, 0.5) is 22.4 Å². The number of hydrogen-bond donors (Lipinski definition) is 1. The zero-order chi connectivity index (χ0) is 21.9. The minimum absolute atomic E-state index is 0.0197. The first-order valence-electron chi connectivity index (χ1n) is 9.08. The average molecular weight is 421 g/mol. The largest absolute Gasteiger partial charge is 0.437 e. The van der Waals surface area contributed by atoms with Crippen LogP contribution in [0.25, 0.3) is 5.69 Å². The second kappa shape index (κ2) is 8.56. The van der Waals surface area contributed by atoms with Crippen LogP contribution in [-0.2, 0) is 12.6 Å². The van der Waals surface area contributed by atoms with E-state index >= 15 is 0 Å². The lowest BCUT2D eigenvalue weighted by molar-refractivity contribution is -0.143. The number of benzene rings is 2. The van der Waals surface area contributed by atoms with Crippen molar-refractivity contribution in [3.8, 4) is 11.4 Å². The van der Waals surface area contributed by atoms with Crippen LogP contribution < -0.4 is 10.1 Å². The van der Waals surface area contributed by atoms with E-state index in [1.165, 1.54) is 0 Å². The minimum atomic E-state index is -4.85. The van der Waals surface area contributed by atoms with Crippen molar-refractivity contribution in [2.45, 2.75) is 26.4 Å². The second-order valence-electron chi connectivity index (χ2n) is 6.73. The van der Waals surface area contributed by atoms with Gasteiger partial charge in [-0.25, -0.2) is 13.9 Å². The number of hydrogen-bond acceptors (Lipinski definition) is 3. The summed E-state index contributed by atoms with van der Waals surface area (Å²) in [5, 5.41) is 6.08. The van der Waals surface area contributed by atoms with E-state index < -0.39 is 29.5 Å². The fourth-order valence-corrected chi connectivity index (χ4v) is 2.85. The normalized spacial score (nSPS) is 11.4. The number of aromatic nitrogens is 2. The molecule has 0 bridgehead atoms. The van der Waals surface area contributed by atoms with Crippen molar-refractivity contribution in [2.24, 2.45) is 0 Å². The number of aryl methyl sites for hydroxylation is 2. The van der Waals surface area contributed by atoms with E-state index in [-0.39, 0.29) is 12.2 Å². The number of nitrogens with zero attached hydrogens (tertiary/aromatic N) is 2. The fourth-order valence-electron chi connectivity index (χ4n) is 2.85. The molecule has 2 aromatic carbocycles. The number of alkyl halides is 3. The second-order valence-corrected chi connectivity index (χ2v) is 6.73. The SMILES string of the molecule is Cc1ccc(CCNC(=O)Oc2cnn(-c3ccc(F)cc3)c2C(F)(F)F)cc1C. The maximum atomic E-state index is 13.6. The summed E-state index contributed by atoms with van der Waals surface area (Å²) in [6, 6.07) is 10.2. The number of ether oxygens (including phenoxy) is 1. The first-order valence-corrected chi connectivity index (χ1v) is 9.08. The quantitative estimate of drug-likeness (QED) is 0.592. The zero-order valence-electron chi connectivity index (χ0n) is 16.3. The predicted octanol–water partition coefficient (Wildman–Crippen LogP) is 4.98. The van der Waals surface area contributed by atoms with Crippen molar-refractivity contribution >= 4 is 6.09 Å². The first kappa shape index (κ1) is 21.4. The third kappa shape index (κ3) is 4.97. The molecule has 0 saturated carbocycles. The monoisotopic (exact) mass is 421 g/mol. The van der Waals surface area contributed by atoms with Crippen molar-refractivity contribution < 1.29 is 27.1 Å². The van der Waals surface area contributed by atoms with Gasteiger partial charge in [-0.3, -0.25) is 0 Å². The Kier molecular flexibility index (Phi) is 6.09. The summed E-state index contributed by atoms with van der Waals surface area (Å²) in [5.41, 5.74) is 1.95. The van der Waals surface area contributed by atoms with Crippen LogP contribution in [0.15, 0.2) is 48.7 Å². The molecule has 1 amide bonds. The Morgan fingerprint density at radius 2 is 1.80 bits per heavy atom. The fraction of sp³-hybridized carbons (Fsp3) is 0.238. The third-order valence-electron chi connectivity index (χ3n) is 4.53. The van der Waals surface area contributed by atoms with Crippen molar-refractivity contribution in [1.29, 1.82) is 0 Å². The van der Waals surface area contributed by atoms with Gasteiger partial charge in [0, 0.05) is 6.54 Å². The van der Waals surface area contributed by atoms with Gasteiger partial charge < -0.3 is 10.1 Å². The molecule has 0 unspecified atom stereocenters. The van der Waals surface area contributed by atoms with E-state index in [1.807, 2.05) is 32.0 Å². The van der Waals surface area contributed by atoms with Gasteiger partial charge in [-0.1, -0.05) is 18.2 Å². The molecule has 3 rings (SSSR count). The van der Waals surface area contributed by atoms with Crippen LogP contribution in [0, 0.1) is 19.7 Å². The van der Waals surface area contributed by atoms with Crippen LogP contribution in [0.2, 0.25) is 0 Å². The highest BCUT2D eigenvalue weighted by molar-refractivity contribution is 5.70. The molecule has 0 radical (unpaired) electrons. The van der Waals surface area contributed by atoms with Gasteiger partial charge in [0.25, 0.3) is 0 Å². The number of halogens is 4. The van der Waals surface area contributed by atoms with Crippen molar-refractivity contribution in [2.75, 3.05) is 6.54 Å². The molecule has 30 heavy (non-hydrogen) atoms. The summed E-state index contributed by atoms with van der Waals surface area (Å²) < 4.78 is 59.1. The molecule has 3 aromatic rings. The van der Waals surface area contributed by atoms with Gasteiger partial charge in [0.2, 0.25) is 0 Å². The van der Waals surface area contributed by atoms with Crippen LogP contribution in [-0.4, -0.2) is 22.4 Å². The molecule has 0 fully saturated rings. The van der Waals surface area contributed by atoms with E-state index in [4.69, 9.17) is 4.74 Å². The van der Waals surface area contributed by atoms with Gasteiger partial charge in [-0.15, -0.1) is 0 Å². The van der Waals surface area contributed by atoms with Gasteiger partial charge in [0.15, 0.2) is 11.4 Å². The maximum absolute atomic E-state index is 13.6. The lowest BCUT2D eigenvalue weighted by atomic mass is 10.0. The molecule has 0 atom stereocenters. The summed E-state index contributed by atoms with van der Waals surface area (Å²) in [4.78, 5) is 12.0. The molecule has 1 N–H and O–H groups in total. The first-order chi connectivity index (χ1) is 14.1. The number of rotatable bonds is 5. The molecule has 0 spiro atoms. The number of carbonyl (C=O) groups excluding carboxylic acids is 1. The molecule has 0 aliphatic heterocycles. The molecule has 9 heteroatoms. The van der Waals surface area contributed by atoms with Gasteiger partial charge >= 0.3 is 12.3 Å². The molecular weight excluding hydrogens is 402 g/mol. The molecule has 0 aliphatic rings. The summed E-state index contributed by atoms with van der Waals surface area (Å²) in [6.45, 7) is 4.14. The van der Waals surface area contributed by atoms with E-state index in [1.54, 1.807) is 0 Å². The number of carbonyl (C=O) groups is 1. The van der Waals surface area contributed by atoms with E-state index in [0.717, 1.165) is 47.2 Å². The van der Waals surface area contributed by atoms with Crippen LogP contribution in [0.3, 0.4) is 0 Å². The Bertz CT molecular complexity index is 1040. The molecular formula is C21H19F4N3O2. The predicted molar refractivity (Wildman–Crippen MR) is 102 cm³/mol. The minimum Gasteiger partial charge on any atom is -0.406 e. The Morgan fingerprint density at radius 3 is 2.43 bits per heavy atom. The molecule has 1 aromatic heterocycles. The van der Waals surface area contributed by atoms with Gasteiger partial charge in [-0.2, -0.15) is 18.3 Å². The van der Waals surface area contributed by atoms with Gasteiger partial charge in [-0.05, 0) is 61.2 Å². The van der Waals surface area contributed by atoms with E-state index in [2.05, 4.69) is 10.4 Å². The van der Waals surface area contributed by atoms with Crippen molar-refractivity contribution in [3.63, 3.8) is 0 Å². The zero-order valence-corrected chi connectivity index (χ0v) is 16.3. The van der Waals surface area contributed by atoms with Crippen LogP contribution >= 0.6 is 0 Å². The number of amides is 1. The van der Waals surface area contributed by atoms with Crippen LogP contribution in [0.1, 0.15) is 22.4 Å². The number of nitrogens with one attached hydrogen (secondary N) is 1. The van der Waals surface area contributed by atoms with E-state index in [9.17, 15) is 22.4 Å². The average Bonchev–Trinajstić information content (AvgIpc) is 3.09. The van der Waals surface area contributed by atoms with Gasteiger partial charge in [0.05, 0.1) is 11.9 Å². The molecule has 1 heterocycles. The molecule has 5 nitrogen and oxygen atoms in total. The summed E-state index contributed by atoms with van der Waals surface area (Å²) in [6.07, 6.45) is -4.57. The third-order valence-corrected chi connectivity index (χ3v) is 4.53. The lowest BCUT2D eigenvalue weighted by Gasteiger charge is -2.13. The van der Waals surface area contributed by atoms with Crippen LogP contribution in [0.5, 0.6) is 5.75 Å². The topological polar surface area (TPSA) is 56.1 Å². The maximum Gasteiger partial charge on any atom is 0.437 e. The molecule has 158 valence electrons. The summed E-state index contributed by atoms with van der Waals surface area (Å²) >= 11 is 0.